The Balaban J connectivity index is 1.96. The summed E-state index contributed by atoms with van der Waals surface area (Å²) in [4.78, 5) is 0. The highest BCUT2D eigenvalue weighted by Crippen LogP contribution is 2.38. The van der Waals surface area contributed by atoms with Crippen molar-refractivity contribution in [3.8, 4) is 11.5 Å². The van der Waals surface area contributed by atoms with Gasteiger partial charge in [-0.1, -0.05) is 48.5 Å². The van der Waals surface area contributed by atoms with Crippen molar-refractivity contribution in [3.63, 3.8) is 0 Å². The molecular weight excluding hydrogens is 308 g/mol. The molecular formula is C23H20O2. The first-order chi connectivity index (χ1) is 12.3. The lowest BCUT2D eigenvalue weighted by Crippen LogP contribution is -1.93. The SMILES string of the molecule is COc1cccc(/C=C2/c3ccccc3CCc3c(O)cccc32)c1. The van der Waals surface area contributed by atoms with E-state index in [4.69, 9.17) is 4.74 Å². The van der Waals surface area contributed by atoms with Crippen LogP contribution in [0.15, 0.2) is 66.7 Å². The zero-order valence-corrected chi connectivity index (χ0v) is 14.2. The third-order valence-corrected chi connectivity index (χ3v) is 4.80. The Bertz CT molecular complexity index is 954. The maximum Gasteiger partial charge on any atom is 0.119 e. The number of hydrogen-bond donors (Lipinski definition) is 1. The van der Waals surface area contributed by atoms with E-state index in [0.29, 0.717) is 5.75 Å². The van der Waals surface area contributed by atoms with E-state index in [9.17, 15) is 5.11 Å². The summed E-state index contributed by atoms with van der Waals surface area (Å²) in [7, 11) is 1.68. The fourth-order valence-electron chi connectivity index (χ4n) is 3.55. The van der Waals surface area contributed by atoms with Crippen LogP contribution in [-0.2, 0) is 12.8 Å². The van der Waals surface area contributed by atoms with Gasteiger partial charge in [0.05, 0.1) is 7.11 Å². The van der Waals surface area contributed by atoms with E-state index >= 15 is 0 Å². The normalized spacial score (nSPS) is 14.5. The summed E-state index contributed by atoms with van der Waals surface area (Å²) in [6.45, 7) is 0. The molecule has 0 saturated carbocycles. The molecule has 0 saturated heterocycles. The highest BCUT2D eigenvalue weighted by atomic mass is 16.5. The maximum absolute atomic E-state index is 10.4. The van der Waals surface area contributed by atoms with Gasteiger partial charge in [-0.3, -0.25) is 0 Å². The van der Waals surface area contributed by atoms with Gasteiger partial charge in [-0.2, -0.15) is 0 Å². The molecule has 0 spiro atoms. The molecule has 0 amide bonds. The average molecular weight is 328 g/mol. The zero-order chi connectivity index (χ0) is 17.2. The summed E-state index contributed by atoms with van der Waals surface area (Å²) in [5.74, 6) is 1.22. The molecule has 2 heteroatoms. The Labute approximate surface area is 148 Å². The van der Waals surface area contributed by atoms with E-state index in [0.717, 1.165) is 40.9 Å². The first-order valence-electron chi connectivity index (χ1n) is 8.51. The molecule has 0 fully saturated rings. The first-order valence-corrected chi connectivity index (χ1v) is 8.51. The number of fused-ring (bicyclic) bond motifs is 2. The second kappa shape index (κ2) is 6.48. The van der Waals surface area contributed by atoms with Gasteiger partial charge in [-0.15, -0.1) is 0 Å². The molecule has 1 N–H and O–H groups in total. The molecule has 0 unspecified atom stereocenters. The molecule has 0 bridgehead atoms. The van der Waals surface area contributed by atoms with Crippen molar-refractivity contribution in [3.05, 3.63) is 94.5 Å². The standard InChI is InChI=1S/C23H20O2/c1-25-18-8-4-6-16(14-18)15-22-19-9-3-2-7-17(19)12-13-21-20(22)10-5-11-23(21)24/h2-11,14-15,24H,12-13H2,1H3/b22-15-. The number of phenolic OH excluding ortho intramolecular Hbond substituents is 1. The Morgan fingerprint density at radius 2 is 1.68 bits per heavy atom. The molecule has 0 radical (unpaired) electrons. The lowest BCUT2D eigenvalue weighted by Gasteiger charge is -2.13. The van der Waals surface area contributed by atoms with Crippen LogP contribution in [0.25, 0.3) is 11.6 Å². The average Bonchev–Trinajstić information content (AvgIpc) is 2.81. The van der Waals surface area contributed by atoms with Crippen molar-refractivity contribution >= 4 is 11.6 Å². The van der Waals surface area contributed by atoms with Crippen LogP contribution in [0.5, 0.6) is 11.5 Å². The van der Waals surface area contributed by atoms with Gasteiger partial charge < -0.3 is 9.84 Å². The third kappa shape index (κ3) is 2.91. The van der Waals surface area contributed by atoms with Gasteiger partial charge in [-0.25, -0.2) is 0 Å². The molecule has 124 valence electrons. The summed E-state index contributed by atoms with van der Waals surface area (Å²) < 4.78 is 5.36. The minimum atomic E-state index is 0.377. The molecule has 3 aromatic carbocycles. The highest BCUT2D eigenvalue weighted by molar-refractivity contribution is 5.94. The second-order valence-corrected chi connectivity index (χ2v) is 6.30. The minimum absolute atomic E-state index is 0.377. The van der Waals surface area contributed by atoms with Crippen molar-refractivity contribution in [1.29, 1.82) is 0 Å². The van der Waals surface area contributed by atoms with Crippen molar-refractivity contribution in [2.75, 3.05) is 7.11 Å². The molecule has 1 aliphatic carbocycles. The lowest BCUT2D eigenvalue weighted by atomic mass is 9.92. The van der Waals surface area contributed by atoms with E-state index in [-0.39, 0.29) is 0 Å². The van der Waals surface area contributed by atoms with Crippen molar-refractivity contribution in [2.24, 2.45) is 0 Å². The van der Waals surface area contributed by atoms with E-state index < -0.39 is 0 Å². The number of methoxy groups -OCH3 is 1. The van der Waals surface area contributed by atoms with Gasteiger partial charge in [-0.05, 0) is 64.9 Å². The predicted octanol–water partition coefficient (Wildman–Crippen LogP) is 5.09. The molecule has 0 atom stereocenters. The van der Waals surface area contributed by atoms with Crippen LogP contribution in [0.1, 0.15) is 27.8 Å². The number of hydrogen-bond acceptors (Lipinski definition) is 2. The molecule has 4 rings (SSSR count). The van der Waals surface area contributed by atoms with Crippen LogP contribution in [0.2, 0.25) is 0 Å². The molecule has 0 aliphatic heterocycles. The van der Waals surface area contributed by atoms with E-state index in [1.807, 2.05) is 24.3 Å². The van der Waals surface area contributed by atoms with Gasteiger partial charge in [0.1, 0.15) is 11.5 Å². The monoisotopic (exact) mass is 328 g/mol. The summed E-state index contributed by atoms with van der Waals surface area (Å²) in [5.41, 5.74) is 6.90. The molecule has 3 aromatic rings. The van der Waals surface area contributed by atoms with Gasteiger partial charge in [0.25, 0.3) is 0 Å². The number of benzene rings is 3. The smallest absolute Gasteiger partial charge is 0.119 e. The topological polar surface area (TPSA) is 29.5 Å². The van der Waals surface area contributed by atoms with Crippen LogP contribution in [-0.4, -0.2) is 12.2 Å². The van der Waals surface area contributed by atoms with Crippen LogP contribution in [0.3, 0.4) is 0 Å². The molecule has 25 heavy (non-hydrogen) atoms. The number of rotatable bonds is 2. The van der Waals surface area contributed by atoms with E-state index in [1.165, 1.54) is 11.1 Å². The fraction of sp³-hybridized carbons (Fsp3) is 0.130. The van der Waals surface area contributed by atoms with Gasteiger partial charge in [0.15, 0.2) is 0 Å². The van der Waals surface area contributed by atoms with Crippen molar-refractivity contribution in [2.45, 2.75) is 12.8 Å². The summed E-state index contributed by atoms with van der Waals surface area (Å²) in [6, 6.07) is 22.3. The Kier molecular flexibility index (Phi) is 4.02. The Morgan fingerprint density at radius 3 is 2.56 bits per heavy atom. The fourth-order valence-corrected chi connectivity index (χ4v) is 3.55. The molecule has 2 nitrogen and oxygen atoms in total. The summed E-state index contributed by atoms with van der Waals surface area (Å²) in [5, 5.41) is 10.4. The lowest BCUT2D eigenvalue weighted by molar-refractivity contribution is 0.414. The molecule has 0 heterocycles. The summed E-state index contributed by atoms with van der Waals surface area (Å²) >= 11 is 0. The molecule has 0 aromatic heterocycles. The predicted molar refractivity (Wildman–Crippen MR) is 102 cm³/mol. The highest BCUT2D eigenvalue weighted by Gasteiger charge is 2.19. The van der Waals surface area contributed by atoms with Gasteiger partial charge >= 0.3 is 0 Å². The Morgan fingerprint density at radius 1 is 0.880 bits per heavy atom. The van der Waals surface area contributed by atoms with Crippen LogP contribution in [0, 0.1) is 0 Å². The Hall–Kier alpha value is -3.00. The number of phenols is 1. The van der Waals surface area contributed by atoms with Crippen molar-refractivity contribution < 1.29 is 9.84 Å². The number of aryl methyl sites for hydroxylation is 1. The maximum atomic E-state index is 10.4. The van der Waals surface area contributed by atoms with Crippen LogP contribution in [0.4, 0.5) is 0 Å². The number of ether oxygens (including phenoxy) is 1. The van der Waals surface area contributed by atoms with Gasteiger partial charge in [0, 0.05) is 5.56 Å². The minimum Gasteiger partial charge on any atom is -0.508 e. The van der Waals surface area contributed by atoms with Gasteiger partial charge in [0.2, 0.25) is 0 Å². The number of aromatic hydroxyl groups is 1. The summed E-state index contributed by atoms with van der Waals surface area (Å²) in [6.07, 6.45) is 3.95. The zero-order valence-electron chi connectivity index (χ0n) is 14.2. The first kappa shape index (κ1) is 15.5. The van der Waals surface area contributed by atoms with Crippen molar-refractivity contribution in [1.82, 2.24) is 0 Å². The van der Waals surface area contributed by atoms with Crippen LogP contribution < -0.4 is 4.74 Å². The second-order valence-electron chi connectivity index (χ2n) is 6.30. The molecule has 1 aliphatic rings. The van der Waals surface area contributed by atoms with E-state index in [1.54, 1.807) is 13.2 Å². The quantitative estimate of drug-likeness (QED) is 0.710. The van der Waals surface area contributed by atoms with E-state index in [2.05, 4.69) is 42.5 Å². The largest absolute Gasteiger partial charge is 0.508 e. The third-order valence-electron chi connectivity index (χ3n) is 4.80. The van der Waals surface area contributed by atoms with Crippen LogP contribution >= 0.6 is 0 Å².